The second-order valence-corrected chi connectivity index (χ2v) is 8.20. The molecular formula is C21H22Cl2N4O3. The zero-order valence-corrected chi connectivity index (χ0v) is 18.6. The zero-order valence-electron chi connectivity index (χ0n) is 17.1. The zero-order chi connectivity index (χ0) is 22.2. The molecule has 0 saturated carbocycles. The molecule has 1 aliphatic rings. The van der Waals surface area contributed by atoms with Gasteiger partial charge in [-0.05, 0) is 45.6 Å². The number of aliphatic hydroxyl groups is 1. The van der Waals surface area contributed by atoms with Gasteiger partial charge in [-0.2, -0.15) is 0 Å². The van der Waals surface area contributed by atoms with Gasteiger partial charge in [0.05, 0.1) is 32.9 Å². The molecule has 1 amide bonds. The SMILES string of the molecule is Cc1ncc(/C(O)=C2\C(=O)C(=O)N(CCN(C)C)[C@@H]2c2ccc(Cl)c(Cl)c2)c(C)n1. The number of Topliss-reactive ketones (excluding diaryl/α,β-unsaturated/α-hetero) is 1. The van der Waals surface area contributed by atoms with Gasteiger partial charge >= 0.3 is 0 Å². The third kappa shape index (κ3) is 4.19. The number of halogens is 2. The Kier molecular flexibility index (Phi) is 6.45. The molecule has 2 heterocycles. The van der Waals surface area contributed by atoms with E-state index in [1.165, 1.54) is 11.1 Å². The first-order chi connectivity index (χ1) is 14.1. The van der Waals surface area contributed by atoms with Crippen LogP contribution in [-0.2, 0) is 9.59 Å². The quantitative estimate of drug-likeness (QED) is 0.428. The molecule has 0 spiro atoms. The molecule has 1 saturated heterocycles. The lowest BCUT2D eigenvalue weighted by Gasteiger charge is -2.26. The van der Waals surface area contributed by atoms with Crippen LogP contribution in [0.5, 0.6) is 0 Å². The first kappa shape index (κ1) is 22.2. The van der Waals surface area contributed by atoms with Crippen molar-refractivity contribution in [2.45, 2.75) is 19.9 Å². The summed E-state index contributed by atoms with van der Waals surface area (Å²) in [6, 6.07) is 4.10. The number of benzene rings is 1. The van der Waals surface area contributed by atoms with E-state index < -0.39 is 17.7 Å². The van der Waals surface area contributed by atoms with Crippen LogP contribution in [0.3, 0.4) is 0 Å². The van der Waals surface area contributed by atoms with Crippen molar-refractivity contribution in [1.82, 2.24) is 19.8 Å². The molecule has 158 valence electrons. The van der Waals surface area contributed by atoms with Gasteiger partial charge in [0.15, 0.2) is 0 Å². The lowest BCUT2D eigenvalue weighted by atomic mass is 9.95. The Hall–Kier alpha value is -2.48. The van der Waals surface area contributed by atoms with Crippen molar-refractivity contribution in [2.75, 3.05) is 27.2 Å². The van der Waals surface area contributed by atoms with E-state index in [-0.39, 0.29) is 11.3 Å². The van der Waals surface area contributed by atoms with Crippen LogP contribution in [0.1, 0.15) is 28.7 Å². The van der Waals surface area contributed by atoms with Crippen molar-refractivity contribution < 1.29 is 14.7 Å². The number of aryl methyl sites for hydroxylation is 2. The van der Waals surface area contributed by atoms with Crippen LogP contribution in [0.15, 0.2) is 30.0 Å². The molecule has 3 rings (SSSR count). The van der Waals surface area contributed by atoms with Crippen molar-refractivity contribution in [1.29, 1.82) is 0 Å². The number of carbonyl (C=O) groups is 2. The highest BCUT2D eigenvalue weighted by molar-refractivity contribution is 6.46. The first-order valence-corrected chi connectivity index (χ1v) is 10.1. The van der Waals surface area contributed by atoms with Crippen molar-refractivity contribution in [2.24, 2.45) is 0 Å². The maximum Gasteiger partial charge on any atom is 0.295 e. The summed E-state index contributed by atoms with van der Waals surface area (Å²) in [6.07, 6.45) is 1.45. The van der Waals surface area contributed by atoms with Crippen LogP contribution >= 0.6 is 23.2 Å². The van der Waals surface area contributed by atoms with Gasteiger partial charge in [0.25, 0.3) is 11.7 Å². The molecule has 1 N–H and O–H groups in total. The van der Waals surface area contributed by atoms with Gasteiger partial charge in [0.1, 0.15) is 11.6 Å². The van der Waals surface area contributed by atoms with Gasteiger partial charge in [-0.15, -0.1) is 0 Å². The molecule has 1 atom stereocenters. The average Bonchev–Trinajstić information content (AvgIpc) is 2.92. The van der Waals surface area contributed by atoms with Gasteiger partial charge in [-0.3, -0.25) is 9.59 Å². The normalized spacial score (nSPS) is 18.5. The number of rotatable bonds is 5. The fraction of sp³-hybridized carbons (Fsp3) is 0.333. The Morgan fingerprint density at radius 1 is 1.20 bits per heavy atom. The van der Waals surface area contributed by atoms with Crippen molar-refractivity contribution in [3.63, 3.8) is 0 Å². The molecule has 30 heavy (non-hydrogen) atoms. The second kappa shape index (κ2) is 8.71. The Morgan fingerprint density at radius 2 is 1.90 bits per heavy atom. The van der Waals surface area contributed by atoms with Crippen LogP contribution in [-0.4, -0.2) is 63.7 Å². The van der Waals surface area contributed by atoms with Crippen molar-refractivity contribution in [3.8, 4) is 0 Å². The molecule has 0 bridgehead atoms. The minimum atomic E-state index is -0.805. The first-order valence-electron chi connectivity index (χ1n) is 9.30. The highest BCUT2D eigenvalue weighted by Gasteiger charge is 2.46. The summed E-state index contributed by atoms with van der Waals surface area (Å²) in [6.45, 7) is 4.27. The molecule has 1 fully saturated rings. The summed E-state index contributed by atoms with van der Waals surface area (Å²) in [7, 11) is 3.75. The Labute approximate surface area is 184 Å². The third-order valence-corrected chi connectivity index (χ3v) is 5.68. The van der Waals surface area contributed by atoms with Gasteiger partial charge in [0, 0.05) is 19.3 Å². The molecule has 9 heteroatoms. The predicted octanol–water partition coefficient (Wildman–Crippen LogP) is 3.38. The minimum absolute atomic E-state index is 0.0206. The minimum Gasteiger partial charge on any atom is -0.507 e. The third-order valence-electron chi connectivity index (χ3n) is 4.94. The van der Waals surface area contributed by atoms with Crippen molar-refractivity contribution in [3.05, 3.63) is 62.7 Å². The fourth-order valence-electron chi connectivity index (χ4n) is 3.41. The summed E-state index contributed by atoms with van der Waals surface area (Å²) in [5.74, 6) is -1.21. The van der Waals surface area contributed by atoms with E-state index in [9.17, 15) is 14.7 Å². The molecule has 0 radical (unpaired) electrons. The van der Waals surface area contributed by atoms with Gasteiger partial charge in [0.2, 0.25) is 0 Å². The Morgan fingerprint density at radius 3 is 2.50 bits per heavy atom. The fourth-order valence-corrected chi connectivity index (χ4v) is 3.71. The van der Waals surface area contributed by atoms with E-state index in [0.29, 0.717) is 45.8 Å². The second-order valence-electron chi connectivity index (χ2n) is 7.39. The van der Waals surface area contributed by atoms with E-state index in [0.717, 1.165) is 0 Å². The number of aromatic nitrogens is 2. The Balaban J connectivity index is 2.20. The van der Waals surface area contributed by atoms with E-state index in [1.54, 1.807) is 32.0 Å². The summed E-state index contributed by atoms with van der Waals surface area (Å²) < 4.78 is 0. The number of carbonyl (C=O) groups excluding carboxylic acids is 2. The lowest BCUT2D eigenvalue weighted by molar-refractivity contribution is -0.140. The molecule has 0 aliphatic carbocycles. The molecule has 2 aromatic rings. The molecule has 1 aromatic heterocycles. The van der Waals surface area contributed by atoms with E-state index in [4.69, 9.17) is 23.2 Å². The van der Waals surface area contributed by atoms with Crippen molar-refractivity contribution >= 4 is 40.7 Å². The molecule has 1 aromatic carbocycles. The number of likely N-dealkylation sites (N-methyl/N-ethyl adjacent to an activating group) is 1. The number of ketones is 1. The van der Waals surface area contributed by atoms with Gasteiger partial charge in [-0.1, -0.05) is 29.3 Å². The molecular weight excluding hydrogens is 427 g/mol. The van der Waals surface area contributed by atoms with Crippen LogP contribution in [0.2, 0.25) is 10.0 Å². The number of nitrogens with zero attached hydrogens (tertiary/aromatic N) is 4. The molecule has 7 nitrogen and oxygen atoms in total. The van der Waals surface area contributed by atoms with E-state index in [2.05, 4.69) is 9.97 Å². The smallest absolute Gasteiger partial charge is 0.295 e. The lowest BCUT2D eigenvalue weighted by Crippen LogP contribution is -2.35. The maximum absolute atomic E-state index is 13.0. The number of hydrogen-bond donors (Lipinski definition) is 1. The van der Waals surface area contributed by atoms with E-state index in [1.807, 2.05) is 19.0 Å². The standard InChI is InChI=1S/C21H22Cl2N4O3/c1-11-14(10-24-12(2)25-11)19(28)17-18(13-5-6-15(22)16(23)9-13)27(8-7-26(3)4)21(30)20(17)29/h5-6,9-10,18,28H,7-8H2,1-4H3/b19-17+/t18-/m1/s1. The average molecular weight is 449 g/mol. The predicted molar refractivity (Wildman–Crippen MR) is 116 cm³/mol. The van der Waals surface area contributed by atoms with Gasteiger partial charge in [-0.25, -0.2) is 9.97 Å². The van der Waals surface area contributed by atoms with E-state index >= 15 is 0 Å². The molecule has 1 aliphatic heterocycles. The topological polar surface area (TPSA) is 86.6 Å². The number of aliphatic hydroxyl groups excluding tert-OH is 1. The highest BCUT2D eigenvalue weighted by Crippen LogP contribution is 2.41. The van der Waals surface area contributed by atoms with Crippen LogP contribution in [0, 0.1) is 13.8 Å². The largest absolute Gasteiger partial charge is 0.507 e. The number of hydrogen-bond acceptors (Lipinski definition) is 6. The number of likely N-dealkylation sites (tertiary alicyclic amines) is 1. The number of amides is 1. The van der Waals surface area contributed by atoms with Crippen LogP contribution in [0.25, 0.3) is 5.76 Å². The summed E-state index contributed by atoms with van der Waals surface area (Å²) in [5, 5.41) is 11.7. The van der Waals surface area contributed by atoms with Gasteiger partial charge < -0.3 is 14.9 Å². The summed E-state index contributed by atoms with van der Waals surface area (Å²) >= 11 is 12.3. The molecule has 0 unspecified atom stereocenters. The summed E-state index contributed by atoms with van der Waals surface area (Å²) in [5.41, 5.74) is 1.37. The maximum atomic E-state index is 13.0. The van der Waals surface area contributed by atoms with Crippen LogP contribution < -0.4 is 0 Å². The summed E-state index contributed by atoms with van der Waals surface area (Å²) in [4.78, 5) is 37.5. The monoisotopic (exact) mass is 448 g/mol. The highest BCUT2D eigenvalue weighted by atomic mass is 35.5. The van der Waals surface area contributed by atoms with Crippen LogP contribution in [0.4, 0.5) is 0 Å². The Bertz CT molecular complexity index is 1050.